The van der Waals surface area contributed by atoms with Crippen LogP contribution in [0.5, 0.6) is 11.5 Å². The van der Waals surface area contributed by atoms with E-state index in [1.807, 2.05) is 19.2 Å². The molecule has 0 spiro atoms. The lowest BCUT2D eigenvalue weighted by molar-refractivity contribution is 0.318. The molecule has 188 valence electrons. The fourth-order valence-corrected chi connectivity index (χ4v) is 4.89. The summed E-state index contributed by atoms with van der Waals surface area (Å²) in [6.45, 7) is 2.81. The minimum atomic E-state index is -4.12. The molecule has 0 radical (unpaired) electrons. The number of anilines is 1. The molecule has 0 unspecified atom stereocenters. The highest BCUT2D eigenvalue weighted by Gasteiger charge is 2.25. The molecule has 3 N–H and O–H groups in total. The Labute approximate surface area is 208 Å². The largest absolute Gasteiger partial charge is 0.496 e. The summed E-state index contributed by atoms with van der Waals surface area (Å²) in [5.41, 5.74) is 8.54. The molecule has 0 aliphatic carbocycles. The molecule has 0 saturated heterocycles. The number of hydrogen-bond donors (Lipinski definition) is 2. The van der Waals surface area contributed by atoms with Crippen LogP contribution >= 0.6 is 0 Å². The topological polar surface area (TPSA) is 158 Å². The molecule has 12 heteroatoms. The number of nitrogens with zero attached hydrogens (tertiary/aromatic N) is 4. The molecule has 36 heavy (non-hydrogen) atoms. The second kappa shape index (κ2) is 10.7. The van der Waals surface area contributed by atoms with Crippen molar-refractivity contribution in [3.05, 3.63) is 59.4 Å². The number of ether oxygens (including phenoxy) is 2. The number of sulfonamides is 1. The first-order valence-electron chi connectivity index (χ1n) is 11.2. The zero-order chi connectivity index (χ0) is 25.7. The Hall–Kier alpha value is -4.08. The maximum atomic E-state index is 13.4. The van der Waals surface area contributed by atoms with Crippen LogP contribution in [0.3, 0.4) is 0 Å². The van der Waals surface area contributed by atoms with Gasteiger partial charge in [-0.05, 0) is 41.8 Å². The van der Waals surface area contributed by atoms with Crippen molar-refractivity contribution in [1.82, 2.24) is 14.9 Å². The molecule has 0 atom stereocenters. The minimum Gasteiger partial charge on any atom is -0.496 e. The van der Waals surface area contributed by atoms with Gasteiger partial charge in [-0.15, -0.1) is 0 Å². The minimum absolute atomic E-state index is 0.0113. The van der Waals surface area contributed by atoms with Gasteiger partial charge in [0, 0.05) is 18.3 Å². The quantitative estimate of drug-likeness (QED) is 0.289. The number of methoxy groups -OCH3 is 1. The van der Waals surface area contributed by atoms with Crippen molar-refractivity contribution in [3.8, 4) is 17.6 Å². The second-order valence-corrected chi connectivity index (χ2v) is 9.60. The molecule has 0 fully saturated rings. The Morgan fingerprint density at radius 2 is 2.03 bits per heavy atom. The predicted molar refractivity (Wildman–Crippen MR) is 132 cm³/mol. The van der Waals surface area contributed by atoms with Gasteiger partial charge in [0.1, 0.15) is 28.4 Å². The lowest BCUT2D eigenvalue weighted by Crippen LogP contribution is -2.15. The first-order valence-corrected chi connectivity index (χ1v) is 12.7. The van der Waals surface area contributed by atoms with Crippen molar-refractivity contribution in [2.24, 2.45) is 5.73 Å². The van der Waals surface area contributed by atoms with E-state index in [4.69, 9.17) is 25.0 Å². The first kappa shape index (κ1) is 25.0. The third-order valence-electron chi connectivity index (χ3n) is 5.49. The lowest BCUT2D eigenvalue weighted by atomic mass is 10.1. The zero-order valence-electron chi connectivity index (χ0n) is 19.9. The van der Waals surface area contributed by atoms with Crippen LogP contribution in [-0.4, -0.2) is 37.1 Å². The molecular formula is C24H26N6O5S. The van der Waals surface area contributed by atoms with E-state index in [0.29, 0.717) is 36.2 Å². The highest BCUT2D eigenvalue weighted by molar-refractivity contribution is 7.92. The van der Waals surface area contributed by atoms with Gasteiger partial charge < -0.3 is 19.7 Å². The molecular weight excluding hydrogens is 484 g/mol. The zero-order valence-corrected chi connectivity index (χ0v) is 20.7. The van der Waals surface area contributed by atoms with Crippen LogP contribution in [0.1, 0.15) is 30.0 Å². The Morgan fingerprint density at radius 1 is 1.19 bits per heavy atom. The number of aromatic nitrogens is 3. The van der Waals surface area contributed by atoms with Crippen molar-refractivity contribution in [3.63, 3.8) is 0 Å². The molecule has 2 aromatic carbocycles. The number of nitriles is 1. The van der Waals surface area contributed by atoms with Crippen molar-refractivity contribution < 1.29 is 22.4 Å². The number of aryl methyl sites for hydroxylation is 1. The summed E-state index contributed by atoms with van der Waals surface area (Å²) in [7, 11) is -2.64. The maximum Gasteiger partial charge on any atom is 0.266 e. The van der Waals surface area contributed by atoms with E-state index in [9.17, 15) is 8.42 Å². The number of nitrogens with two attached hydrogens (primary N) is 1. The molecule has 0 bridgehead atoms. The SMILES string of the molecule is CCc1ccc(OCCC#N)c(S(=O)(=O)Nc2noc3cc(Cn4cc(CN)cn4)cc(OC)c23)c1. The van der Waals surface area contributed by atoms with Gasteiger partial charge in [-0.3, -0.25) is 9.40 Å². The van der Waals surface area contributed by atoms with E-state index < -0.39 is 10.0 Å². The average molecular weight is 511 g/mol. The third-order valence-corrected chi connectivity index (χ3v) is 6.85. The van der Waals surface area contributed by atoms with Gasteiger partial charge in [0.2, 0.25) is 0 Å². The summed E-state index contributed by atoms with van der Waals surface area (Å²) in [5.74, 6) is 0.524. The van der Waals surface area contributed by atoms with E-state index in [2.05, 4.69) is 15.0 Å². The van der Waals surface area contributed by atoms with E-state index in [1.54, 1.807) is 41.2 Å². The maximum absolute atomic E-state index is 13.4. The van der Waals surface area contributed by atoms with Gasteiger partial charge >= 0.3 is 0 Å². The van der Waals surface area contributed by atoms with E-state index >= 15 is 0 Å². The highest BCUT2D eigenvalue weighted by atomic mass is 32.2. The number of hydrogen-bond acceptors (Lipinski definition) is 9. The monoisotopic (exact) mass is 510 g/mol. The summed E-state index contributed by atoms with van der Waals surface area (Å²) in [6, 6.07) is 10.4. The smallest absolute Gasteiger partial charge is 0.266 e. The summed E-state index contributed by atoms with van der Waals surface area (Å²) in [6.07, 6.45) is 4.30. The number of rotatable bonds is 11. The summed E-state index contributed by atoms with van der Waals surface area (Å²) >= 11 is 0. The molecule has 0 saturated carbocycles. The summed E-state index contributed by atoms with van der Waals surface area (Å²) in [5, 5.41) is 17.4. The molecule has 0 amide bonds. The first-order chi connectivity index (χ1) is 17.4. The van der Waals surface area contributed by atoms with Crippen molar-refractivity contribution in [1.29, 1.82) is 5.26 Å². The van der Waals surface area contributed by atoms with Crippen LogP contribution < -0.4 is 19.9 Å². The predicted octanol–water partition coefficient (Wildman–Crippen LogP) is 3.20. The lowest BCUT2D eigenvalue weighted by Gasteiger charge is -2.13. The Kier molecular flexibility index (Phi) is 7.42. The average Bonchev–Trinajstić information content (AvgIpc) is 3.50. The van der Waals surface area contributed by atoms with Crippen LogP contribution in [0.4, 0.5) is 5.82 Å². The second-order valence-electron chi connectivity index (χ2n) is 7.95. The standard InChI is InChI=1S/C24H26N6O5S/c1-3-16-5-6-19(34-8-4-7-25)22(11-16)36(31,32)29-24-23-20(33-2)9-17(10-21(23)35-28-24)14-30-15-18(12-26)13-27-30/h5-6,9-11,13,15H,3-4,8,12,14,26H2,1-2H3,(H,28,29). The summed E-state index contributed by atoms with van der Waals surface area (Å²) in [4.78, 5) is -0.0547. The van der Waals surface area contributed by atoms with Crippen LogP contribution in [0, 0.1) is 11.3 Å². The van der Waals surface area contributed by atoms with Gasteiger partial charge in [-0.1, -0.05) is 18.1 Å². The normalized spacial score (nSPS) is 11.4. The molecule has 0 aliphatic heterocycles. The molecule has 11 nitrogen and oxygen atoms in total. The van der Waals surface area contributed by atoms with Crippen molar-refractivity contribution >= 4 is 26.8 Å². The Morgan fingerprint density at radius 3 is 2.72 bits per heavy atom. The van der Waals surface area contributed by atoms with E-state index in [0.717, 1.165) is 16.7 Å². The van der Waals surface area contributed by atoms with E-state index in [-0.39, 0.29) is 29.5 Å². The van der Waals surface area contributed by atoms with Crippen LogP contribution in [0.25, 0.3) is 11.0 Å². The van der Waals surface area contributed by atoms with Crippen molar-refractivity contribution in [2.75, 3.05) is 18.4 Å². The third kappa shape index (κ3) is 5.27. The van der Waals surface area contributed by atoms with Gasteiger partial charge in [-0.25, -0.2) is 8.42 Å². The molecule has 4 aromatic rings. The number of fused-ring (bicyclic) bond motifs is 1. The van der Waals surface area contributed by atoms with E-state index in [1.165, 1.54) is 7.11 Å². The van der Waals surface area contributed by atoms with Crippen LogP contribution in [0.15, 0.2) is 52.1 Å². The van der Waals surface area contributed by atoms with Crippen LogP contribution in [0.2, 0.25) is 0 Å². The molecule has 4 rings (SSSR count). The molecule has 2 heterocycles. The fourth-order valence-electron chi connectivity index (χ4n) is 3.69. The van der Waals surface area contributed by atoms with Gasteiger partial charge in [0.15, 0.2) is 11.4 Å². The Bertz CT molecular complexity index is 1520. The van der Waals surface area contributed by atoms with Crippen LogP contribution in [-0.2, 0) is 29.5 Å². The molecule has 2 aromatic heterocycles. The Balaban J connectivity index is 1.68. The van der Waals surface area contributed by atoms with Gasteiger partial charge in [0.05, 0.1) is 32.3 Å². The van der Waals surface area contributed by atoms with Crippen molar-refractivity contribution in [2.45, 2.75) is 37.8 Å². The number of benzene rings is 2. The van der Waals surface area contributed by atoms with Gasteiger partial charge in [0.25, 0.3) is 10.0 Å². The number of nitrogens with one attached hydrogen (secondary N) is 1. The van der Waals surface area contributed by atoms with Gasteiger partial charge in [-0.2, -0.15) is 10.4 Å². The summed E-state index contributed by atoms with van der Waals surface area (Å²) < 4.78 is 47.6. The highest BCUT2D eigenvalue weighted by Crippen LogP contribution is 2.36. The molecule has 0 aliphatic rings. The fraction of sp³-hybridized carbons (Fsp3) is 0.292.